The van der Waals surface area contributed by atoms with Crippen molar-refractivity contribution in [2.45, 2.75) is 160 Å². The summed E-state index contributed by atoms with van der Waals surface area (Å²) in [7, 11) is 4.61. The Morgan fingerprint density at radius 1 is 0.912 bits per heavy atom. The molecule has 1 amide bonds. The van der Waals surface area contributed by atoms with Gasteiger partial charge in [0.05, 0.1) is 30.5 Å². The van der Waals surface area contributed by atoms with Crippen LogP contribution in [0.5, 0.6) is 0 Å². The van der Waals surface area contributed by atoms with E-state index < -0.39 is 77.9 Å². The fourth-order valence-electron chi connectivity index (χ4n) is 9.44. The molecule has 3 heterocycles. The highest BCUT2D eigenvalue weighted by atomic mass is 16.7. The van der Waals surface area contributed by atoms with Crippen molar-refractivity contribution in [2.75, 3.05) is 27.9 Å². The molecule has 2 saturated heterocycles. The van der Waals surface area contributed by atoms with E-state index in [9.17, 15) is 34.5 Å². The number of allylic oxidation sites excluding steroid dienone is 4. The molecule has 4 aliphatic rings. The Morgan fingerprint density at radius 3 is 2.23 bits per heavy atom. The normalized spacial score (nSPS) is 40.1. The summed E-state index contributed by atoms with van der Waals surface area (Å²) in [4.78, 5) is 57.8. The minimum absolute atomic E-state index is 0.0120. The molecule has 3 unspecified atom stereocenters. The summed E-state index contributed by atoms with van der Waals surface area (Å²) in [6.45, 7) is 13.2. The molecule has 0 spiro atoms. The van der Waals surface area contributed by atoms with Gasteiger partial charge in [0.1, 0.15) is 18.2 Å². The molecule has 0 aromatic carbocycles. The zero-order valence-corrected chi connectivity index (χ0v) is 35.4. The summed E-state index contributed by atoms with van der Waals surface area (Å²) < 4.78 is 29.8. The maximum absolute atomic E-state index is 14.3. The number of ether oxygens (including phenoxy) is 5. The minimum atomic E-state index is -2.51. The van der Waals surface area contributed by atoms with Gasteiger partial charge in [0.25, 0.3) is 11.7 Å². The van der Waals surface area contributed by atoms with Crippen LogP contribution in [0.4, 0.5) is 0 Å². The van der Waals surface area contributed by atoms with Gasteiger partial charge in [-0.05, 0) is 100 Å². The summed E-state index contributed by atoms with van der Waals surface area (Å²) in [6, 6.07) is -1.14. The minimum Gasteiger partial charge on any atom is -0.456 e. The summed E-state index contributed by atoms with van der Waals surface area (Å²) in [5.41, 5.74) is 1.18. The fourth-order valence-corrected chi connectivity index (χ4v) is 9.44. The predicted octanol–water partition coefficient (Wildman–Crippen LogP) is 4.64. The molecule has 1 aliphatic carbocycles. The van der Waals surface area contributed by atoms with Crippen molar-refractivity contribution in [1.29, 1.82) is 0 Å². The largest absolute Gasteiger partial charge is 0.456 e. The first-order chi connectivity index (χ1) is 27.0. The van der Waals surface area contributed by atoms with Gasteiger partial charge in [0, 0.05) is 46.1 Å². The lowest BCUT2D eigenvalue weighted by Gasteiger charge is -2.47. The van der Waals surface area contributed by atoms with Crippen LogP contribution >= 0.6 is 0 Å². The van der Waals surface area contributed by atoms with E-state index >= 15 is 0 Å². The van der Waals surface area contributed by atoms with Gasteiger partial charge in [0.15, 0.2) is 5.78 Å². The summed E-state index contributed by atoms with van der Waals surface area (Å²) >= 11 is 0. The summed E-state index contributed by atoms with van der Waals surface area (Å²) in [5, 5.41) is 34.1. The molecule has 0 aromatic rings. The SMILES string of the molecule is C=CCC1=CC(C)C[C@H](C)C[C@H](OC)[C@H]2O[C@@](O)(C(=O)C(=O)N3CCCC[C@H]3C(=O)OC(C(C)=CC3CC[C@@H](O)[C@H](OC)C3)[C@H](C)[C@@H](O)CC1=O)[C@H](C)C[C@@H]2OC. The quantitative estimate of drug-likeness (QED) is 0.185. The number of carbonyl (C=O) groups is 4. The zero-order chi connectivity index (χ0) is 42.2. The second-order valence-corrected chi connectivity index (χ2v) is 17.3. The average Bonchev–Trinajstić information content (AvgIpc) is 3.18. The third-order valence-electron chi connectivity index (χ3n) is 12.8. The number of aliphatic hydroxyl groups is 3. The number of ketones is 2. The van der Waals surface area contributed by atoms with Gasteiger partial charge in [-0.15, -0.1) is 6.58 Å². The number of hydrogen-bond acceptors (Lipinski definition) is 12. The Labute approximate surface area is 339 Å². The number of fused-ring (bicyclic) bond motifs is 3. The molecule has 0 aromatic heterocycles. The lowest BCUT2D eigenvalue weighted by atomic mass is 9.81. The number of hydrogen-bond donors (Lipinski definition) is 3. The van der Waals surface area contributed by atoms with E-state index in [1.165, 1.54) is 19.1 Å². The topological polar surface area (TPSA) is 178 Å². The number of amides is 1. The van der Waals surface area contributed by atoms with Crippen LogP contribution in [0, 0.1) is 29.6 Å². The number of Topliss-reactive ketones (excluding diaryl/α,β-unsaturated/α-hetero) is 2. The number of rotatable bonds is 7. The molecule has 3 N–H and O–H groups in total. The van der Waals surface area contributed by atoms with E-state index in [2.05, 4.69) is 13.5 Å². The van der Waals surface area contributed by atoms with E-state index in [1.807, 2.05) is 26.0 Å². The zero-order valence-electron chi connectivity index (χ0n) is 35.4. The van der Waals surface area contributed by atoms with E-state index in [-0.39, 0.29) is 55.4 Å². The first-order valence-electron chi connectivity index (χ1n) is 20.9. The molecule has 3 fully saturated rings. The number of piperidine rings is 1. The smallest absolute Gasteiger partial charge is 0.329 e. The van der Waals surface area contributed by atoms with Gasteiger partial charge >= 0.3 is 5.97 Å². The van der Waals surface area contributed by atoms with E-state index in [1.54, 1.807) is 27.0 Å². The molecule has 4 rings (SSSR count). The first-order valence-corrected chi connectivity index (χ1v) is 20.9. The number of carbonyl (C=O) groups excluding carboxylic acids is 4. The maximum Gasteiger partial charge on any atom is 0.329 e. The van der Waals surface area contributed by atoms with Gasteiger partial charge in [-0.3, -0.25) is 14.4 Å². The highest BCUT2D eigenvalue weighted by Gasteiger charge is 2.56. The van der Waals surface area contributed by atoms with E-state index in [0.29, 0.717) is 62.5 Å². The Hall–Kier alpha value is -2.78. The molecule has 57 heavy (non-hydrogen) atoms. The van der Waals surface area contributed by atoms with Crippen LogP contribution in [0.1, 0.15) is 105 Å². The Morgan fingerprint density at radius 2 is 1.58 bits per heavy atom. The number of methoxy groups -OCH3 is 3. The van der Waals surface area contributed by atoms with Crippen LogP contribution in [0.15, 0.2) is 36.0 Å². The van der Waals surface area contributed by atoms with Gasteiger partial charge in [-0.1, -0.05) is 45.9 Å². The van der Waals surface area contributed by atoms with Crippen molar-refractivity contribution >= 4 is 23.4 Å². The van der Waals surface area contributed by atoms with Gasteiger partial charge in [-0.25, -0.2) is 4.79 Å². The lowest BCUT2D eigenvalue weighted by molar-refractivity contribution is -0.302. The molecule has 13 nitrogen and oxygen atoms in total. The Bertz CT molecular complexity index is 1480. The first kappa shape index (κ1) is 46.9. The summed E-state index contributed by atoms with van der Waals surface area (Å²) in [5.74, 6) is -7.32. The number of aliphatic hydroxyl groups excluding tert-OH is 2. The predicted molar refractivity (Wildman–Crippen MR) is 213 cm³/mol. The van der Waals surface area contributed by atoms with Crippen molar-refractivity contribution in [1.82, 2.24) is 4.90 Å². The fraction of sp³-hybridized carbons (Fsp3) is 0.773. The number of esters is 1. The Balaban J connectivity index is 1.78. The third kappa shape index (κ3) is 11.3. The molecular weight excluding hydrogens is 734 g/mol. The highest BCUT2D eigenvalue weighted by molar-refractivity contribution is 6.39. The van der Waals surface area contributed by atoms with E-state index in [4.69, 9.17) is 23.7 Å². The van der Waals surface area contributed by atoms with Crippen molar-refractivity contribution in [3.8, 4) is 0 Å². The second-order valence-electron chi connectivity index (χ2n) is 17.3. The standard InChI is InChI=1S/C44H69NO12/c1-10-13-31-19-25(2)18-26(3)20-37(54-8)40-38(55-9)22-28(5)44(52,57-40)41(49)42(50)45-17-12-11-14-32(45)43(51)56-39(29(6)34(47)24-35(31)48)27(4)21-30-15-16-33(46)36(23-30)53-7/h10,19,21,25-26,28-30,32-34,36-40,46-47,52H,1,11-18,20,22-24H2,2-9H3/t25?,26-,28+,29+,30?,32-,33+,34-,36+,37-,38-,39?,40+,44+/m0/s1. The monoisotopic (exact) mass is 803 g/mol. The Kier molecular flexibility index (Phi) is 17.2. The van der Waals surface area contributed by atoms with Crippen molar-refractivity contribution in [2.24, 2.45) is 29.6 Å². The van der Waals surface area contributed by atoms with Crippen LogP contribution in [0.3, 0.4) is 0 Å². The number of cyclic esters (lactones) is 1. The van der Waals surface area contributed by atoms with Crippen molar-refractivity contribution in [3.63, 3.8) is 0 Å². The molecule has 13 heteroatoms. The van der Waals surface area contributed by atoms with E-state index in [0.717, 1.165) is 0 Å². The molecule has 2 bridgehead atoms. The molecule has 322 valence electrons. The molecular formula is C44H69NO12. The maximum atomic E-state index is 14.3. The number of nitrogens with zero attached hydrogens (tertiary/aromatic N) is 1. The molecule has 1 saturated carbocycles. The molecule has 14 atom stereocenters. The van der Waals surface area contributed by atoms with Crippen molar-refractivity contribution < 1.29 is 58.2 Å². The van der Waals surface area contributed by atoms with Crippen molar-refractivity contribution in [3.05, 3.63) is 36.0 Å². The third-order valence-corrected chi connectivity index (χ3v) is 12.8. The van der Waals surface area contributed by atoms with Crippen LogP contribution in [0.25, 0.3) is 0 Å². The van der Waals surface area contributed by atoms with Gasteiger partial charge in [0.2, 0.25) is 5.79 Å². The van der Waals surface area contributed by atoms with Crippen LogP contribution in [-0.4, -0.2) is 126 Å². The molecule has 0 radical (unpaired) electrons. The van der Waals surface area contributed by atoms with Gasteiger partial charge in [-0.2, -0.15) is 0 Å². The van der Waals surface area contributed by atoms with Crippen LogP contribution in [0.2, 0.25) is 0 Å². The van der Waals surface area contributed by atoms with Crippen LogP contribution in [-0.2, 0) is 42.9 Å². The summed E-state index contributed by atoms with van der Waals surface area (Å²) in [6.07, 6.45) is 4.89. The lowest BCUT2D eigenvalue weighted by Crippen LogP contribution is -2.64. The van der Waals surface area contributed by atoms with Crippen LogP contribution < -0.4 is 0 Å². The average molecular weight is 804 g/mol. The highest BCUT2D eigenvalue weighted by Crippen LogP contribution is 2.39. The molecule has 3 aliphatic heterocycles. The second kappa shape index (κ2) is 21.0. The van der Waals surface area contributed by atoms with Gasteiger partial charge < -0.3 is 43.9 Å².